The Labute approximate surface area is 135 Å². The Kier molecular flexibility index (Phi) is 6.49. The van der Waals surface area contributed by atoms with Gasteiger partial charge in [0.25, 0.3) is 0 Å². The first-order valence-corrected chi connectivity index (χ1v) is 7.70. The number of hydrogen-bond donors (Lipinski definition) is 0. The molecule has 6 heteroatoms. The summed E-state index contributed by atoms with van der Waals surface area (Å²) in [4.78, 5) is 11.9. The molecule has 0 N–H and O–H groups in total. The second-order valence-corrected chi connectivity index (χ2v) is 5.61. The number of carbonyl (C=O) groups excluding carboxylic acids is 1. The highest BCUT2D eigenvalue weighted by molar-refractivity contribution is 6.30. The van der Waals surface area contributed by atoms with E-state index in [0.717, 1.165) is 25.0 Å². The minimum absolute atomic E-state index is 0.0864. The van der Waals surface area contributed by atoms with Crippen molar-refractivity contribution in [3.63, 3.8) is 0 Å². The van der Waals surface area contributed by atoms with Crippen LogP contribution in [0.2, 0.25) is 5.02 Å². The fourth-order valence-electron chi connectivity index (χ4n) is 2.22. The van der Waals surface area contributed by atoms with Crippen LogP contribution in [0.4, 0.5) is 0 Å². The third-order valence-electron chi connectivity index (χ3n) is 3.50. The van der Waals surface area contributed by atoms with Crippen LogP contribution in [0.1, 0.15) is 25.3 Å². The lowest BCUT2D eigenvalue weighted by atomic mass is 10.2. The van der Waals surface area contributed by atoms with Crippen molar-refractivity contribution in [2.45, 2.75) is 38.6 Å². The van der Waals surface area contributed by atoms with E-state index in [-0.39, 0.29) is 12.7 Å². The quantitative estimate of drug-likeness (QED) is 0.720. The van der Waals surface area contributed by atoms with Gasteiger partial charge in [-0.3, -0.25) is 0 Å². The molecule has 2 rings (SSSR count). The number of carbonyl (C=O) groups is 1. The molecule has 5 nitrogen and oxygen atoms in total. The summed E-state index contributed by atoms with van der Waals surface area (Å²) in [5.74, 6) is 0.213. The van der Waals surface area contributed by atoms with Gasteiger partial charge in [0.05, 0.1) is 19.8 Å². The third kappa shape index (κ3) is 4.87. The minimum atomic E-state index is -0.630. The summed E-state index contributed by atoms with van der Waals surface area (Å²) in [5.41, 5.74) is 0.717. The summed E-state index contributed by atoms with van der Waals surface area (Å²) < 4.78 is 21.4. The van der Waals surface area contributed by atoms with Crippen molar-refractivity contribution in [2.24, 2.45) is 0 Å². The Morgan fingerprint density at radius 3 is 3.00 bits per heavy atom. The lowest BCUT2D eigenvalue weighted by molar-refractivity contribution is -0.159. The Hall–Kier alpha value is -1.30. The molecule has 0 saturated carbocycles. The molecule has 2 atom stereocenters. The number of hydrogen-bond acceptors (Lipinski definition) is 5. The molecule has 0 radical (unpaired) electrons. The van der Waals surface area contributed by atoms with Gasteiger partial charge in [-0.15, -0.1) is 0 Å². The Balaban J connectivity index is 1.80. The van der Waals surface area contributed by atoms with E-state index in [1.807, 2.05) is 0 Å². The van der Waals surface area contributed by atoms with Crippen LogP contribution in [0.15, 0.2) is 18.2 Å². The Bertz CT molecular complexity index is 499. The van der Waals surface area contributed by atoms with Crippen LogP contribution in [0.5, 0.6) is 5.75 Å². The van der Waals surface area contributed by atoms with Gasteiger partial charge >= 0.3 is 5.97 Å². The molecule has 0 bridgehead atoms. The maximum absolute atomic E-state index is 11.9. The zero-order valence-electron chi connectivity index (χ0n) is 12.8. The highest BCUT2D eigenvalue weighted by Crippen LogP contribution is 2.23. The SMILES string of the molecule is COc1ccc(Cl)cc1COC(=O)C(C)OCC1CCCO1. The predicted octanol–water partition coefficient (Wildman–Crippen LogP) is 2.98. The molecule has 22 heavy (non-hydrogen) atoms. The van der Waals surface area contributed by atoms with Gasteiger partial charge in [-0.05, 0) is 38.0 Å². The van der Waals surface area contributed by atoms with Crippen LogP contribution < -0.4 is 4.74 Å². The fraction of sp³-hybridized carbons (Fsp3) is 0.562. The molecular formula is C16H21ClO5. The van der Waals surface area contributed by atoms with Crippen molar-refractivity contribution in [3.8, 4) is 5.75 Å². The summed E-state index contributed by atoms with van der Waals surface area (Å²) in [5, 5.41) is 0.564. The second kappa shape index (κ2) is 8.36. The molecule has 0 spiro atoms. The zero-order valence-corrected chi connectivity index (χ0v) is 13.6. The zero-order chi connectivity index (χ0) is 15.9. The average molecular weight is 329 g/mol. The van der Waals surface area contributed by atoms with Crippen molar-refractivity contribution < 1.29 is 23.7 Å². The van der Waals surface area contributed by atoms with Gasteiger partial charge in [-0.1, -0.05) is 11.6 Å². The number of esters is 1. The topological polar surface area (TPSA) is 54.0 Å². The van der Waals surface area contributed by atoms with Gasteiger partial charge in [0.15, 0.2) is 6.10 Å². The lowest BCUT2D eigenvalue weighted by Crippen LogP contribution is -2.27. The number of benzene rings is 1. The van der Waals surface area contributed by atoms with Crippen LogP contribution in [-0.4, -0.2) is 38.5 Å². The van der Waals surface area contributed by atoms with E-state index < -0.39 is 12.1 Å². The van der Waals surface area contributed by atoms with Gasteiger partial charge in [0.2, 0.25) is 0 Å². The highest BCUT2D eigenvalue weighted by Gasteiger charge is 2.21. The Morgan fingerprint density at radius 1 is 1.50 bits per heavy atom. The molecule has 0 amide bonds. The fourth-order valence-corrected chi connectivity index (χ4v) is 2.42. The molecular weight excluding hydrogens is 308 g/mol. The van der Waals surface area contributed by atoms with E-state index in [4.69, 9.17) is 30.5 Å². The summed E-state index contributed by atoms with van der Waals surface area (Å²) >= 11 is 5.94. The molecule has 1 aromatic rings. The molecule has 122 valence electrons. The van der Waals surface area contributed by atoms with E-state index in [1.165, 1.54) is 0 Å². The molecule has 1 aromatic carbocycles. The van der Waals surface area contributed by atoms with Crippen LogP contribution in [-0.2, 0) is 25.6 Å². The van der Waals surface area contributed by atoms with Gasteiger partial charge in [0.1, 0.15) is 12.4 Å². The molecule has 1 aliphatic heterocycles. The second-order valence-electron chi connectivity index (χ2n) is 5.17. The molecule has 1 aliphatic rings. The van der Waals surface area contributed by atoms with Crippen LogP contribution >= 0.6 is 11.6 Å². The number of rotatable bonds is 7. The van der Waals surface area contributed by atoms with Crippen LogP contribution in [0.25, 0.3) is 0 Å². The lowest BCUT2D eigenvalue weighted by Gasteiger charge is -2.16. The summed E-state index contributed by atoms with van der Waals surface area (Å²) in [6, 6.07) is 5.17. The molecule has 1 saturated heterocycles. The maximum Gasteiger partial charge on any atom is 0.335 e. The number of methoxy groups -OCH3 is 1. The monoisotopic (exact) mass is 328 g/mol. The van der Waals surface area contributed by atoms with E-state index in [9.17, 15) is 4.79 Å². The van der Waals surface area contributed by atoms with E-state index in [1.54, 1.807) is 32.2 Å². The molecule has 1 fully saturated rings. The smallest absolute Gasteiger partial charge is 0.335 e. The van der Waals surface area contributed by atoms with E-state index >= 15 is 0 Å². The standard InChI is InChI=1S/C16H21ClO5/c1-11(21-10-14-4-3-7-20-14)16(18)22-9-12-8-13(17)5-6-15(12)19-2/h5-6,8,11,14H,3-4,7,9-10H2,1-2H3. The van der Waals surface area contributed by atoms with Gasteiger partial charge < -0.3 is 18.9 Å². The molecule has 0 aromatic heterocycles. The first kappa shape index (κ1) is 17.1. The first-order valence-electron chi connectivity index (χ1n) is 7.32. The summed E-state index contributed by atoms with van der Waals surface area (Å²) in [6.45, 7) is 2.95. The van der Waals surface area contributed by atoms with Gasteiger partial charge in [0, 0.05) is 17.2 Å². The number of halogens is 1. The third-order valence-corrected chi connectivity index (χ3v) is 3.74. The molecule has 2 unspecified atom stereocenters. The normalized spacial score (nSPS) is 19.0. The van der Waals surface area contributed by atoms with Crippen LogP contribution in [0, 0.1) is 0 Å². The van der Waals surface area contributed by atoms with E-state index in [2.05, 4.69) is 0 Å². The summed E-state index contributed by atoms with van der Waals surface area (Å²) in [6.07, 6.45) is 1.47. The Morgan fingerprint density at radius 2 is 2.32 bits per heavy atom. The molecule has 1 heterocycles. The first-order chi connectivity index (χ1) is 10.6. The van der Waals surface area contributed by atoms with Crippen molar-refractivity contribution in [1.29, 1.82) is 0 Å². The minimum Gasteiger partial charge on any atom is -0.496 e. The largest absolute Gasteiger partial charge is 0.496 e. The van der Waals surface area contributed by atoms with Crippen molar-refractivity contribution in [3.05, 3.63) is 28.8 Å². The van der Waals surface area contributed by atoms with E-state index in [0.29, 0.717) is 17.4 Å². The highest BCUT2D eigenvalue weighted by atomic mass is 35.5. The van der Waals surface area contributed by atoms with Crippen molar-refractivity contribution in [1.82, 2.24) is 0 Å². The van der Waals surface area contributed by atoms with Crippen LogP contribution in [0.3, 0.4) is 0 Å². The van der Waals surface area contributed by atoms with Gasteiger partial charge in [-0.2, -0.15) is 0 Å². The summed E-state index contributed by atoms with van der Waals surface area (Å²) in [7, 11) is 1.56. The van der Waals surface area contributed by atoms with Crippen molar-refractivity contribution in [2.75, 3.05) is 20.3 Å². The predicted molar refractivity (Wildman–Crippen MR) is 82.2 cm³/mol. The maximum atomic E-state index is 11.9. The molecule has 0 aliphatic carbocycles. The van der Waals surface area contributed by atoms with Gasteiger partial charge in [-0.25, -0.2) is 4.79 Å². The average Bonchev–Trinajstić information content (AvgIpc) is 3.03. The van der Waals surface area contributed by atoms with Crippen molar-refractivity contribution >= 4 is 17.6 Å². The number of ether oxygens (including phenoxy) is 4.